The van der Waals surface area contributed by atoms with Crippen LogP contribution >= 0.6 is 23.4 Å². The lowest BCUT2D eigenvalue weighted by Crippen LogP contribution is -2.28. The van der Waals surface area contributed by atoms with E-state index >= 15 is 0 Å². The minimum absolute atomic E-state index is 0.0570. The SMILES string of the molecule is C=CCn1c(SCC(=O)Nc2cccc(C(=O)OC(C)C)c2)nnc1[C@H](C)NC(=O)c1ccc(Cl)cc1. The van der Waals surface area contributed by atoms with E-state index in [1.54, 1.807) is 79.9 Å². The fourth-order valence-corrected chi connectivity index (χ4v) is 4.19. The molecular formula is C26H28ClN5O4S. The molecule has 1 aromatic heterocycles. The minimum Gasteiger partial charge on any atom is -0.459 e. The van der Waals surface area contributed by atoms with Crippen LogP contribution < -0.4 is 10.6 Å². The molecular weight excluding hydrogens is 514 g/mol. The summed E-state index contributed by atoms with van der Waals surface area (Å²) < 4.78 is 6.99. The Morgan fingerprint density at radius 3 is 2.51 bits per heavy atom. The van der Waals surface area contributed by atoms with Gasteiger partial charge in [0.2, 0.25) is 5.91 Å². The summed E-state index contributed by atoms with van der Waals surface area (Å²) in [7, 11) is 0. The van der Waals surface area contributed by atoms with Crippen LogP contribution in [-0.2, 0) is 16.1 Å². The summed E-state index contributed by atoms with van der Waals surface area (Å²) in [6.07, 6.45) is 1.44. The molecule has 2 amide bonds. The van der Waals surface area contributed by atoms with Crippen LogP contribution in [0.3, 0.4) is 0 Å². The number of anilines is 1. The molecule has 2 aromatic carbocycles. The van der Waals surface area contributed by atoms with Crippen molar-refractivity contribution in [2.75, 3.05) is 11.1 Å². The largest absolute Gasteiger partial charge is 0.459 e. The first kappa shape index (κ1) is 27.9. The molecule has 194 valence electrons. The van der Waals surface area contributed by atoms with Crippen LogP contribution in [0.4, 0.5) is 5.69 Å². The van der Waals surface area contributed by atoms with E-state index < -0.39 is 12.0 Å². The van der Waals surface area contributed by atoms with E-state index in [0.717, 1.165) is 0 Å². The highest BCUT2D eigenvalue weighted by Gasteiger charge is 2.20. The zero-order valence-corrected chi connectivity index (χ0v) is 22.3. The van der Waals surface area contributed by atoms with E-state index in [-0.39, 0.29) is 23.7 Å². The van der Waals surface area contributed by atoms with E-state index in [4.69, 9.17) is 16.3 Å². The van der Waals surface area contributed by atoms with Crippen LogP contribution in [0.25, 0.3) is 0 Å². The number of benzene rings is 2. The lowest BCUT2D eigenvalue weighted by Gasteiger charge is -2.15. The summed E-state index contributed by atoms with van der Waals surface area (Å²) >= 11 is 7.10. The van der Waals surface area contributed by atoms with Crippen LogP contribution in [-0.4, -0.2) is 44.4 Å². The second-order valence-electron chi connectivity index (χ2n) is 8.31. The van der Waals surface area contributed by atoms with Crippen molar-refractivity contribution in [1.82, 2.24) is 20.1 Å². The number of esters is 1. The molecule has 37 heavy (non-hydrogen) atoms. The third kappa shape index (κ3) is 7.93. The van der Waals surface area contributed by atoms with Gasteiger partial charge in [-0.25, -0.2) is 4.79 Å². The van der Waals surface area contributed by atoms with Crippen molar-refractivity contribution in [3.05, 3.63) is 83.2 Å². The predicted octanol–water partition coefficient (Wildman–Crippen LogP) is 4.90. The van der Waals surface area contributed by atoms with Gasteiger partial charge in [-0.15, -0.1) is 16.8 Å². The quantitative estimate of drug-likeness (QED) is 0.201. The fraction of sp³-hybridized carbons (Fsp3) is 0.269. The van der Waals surface area contributed by atoms with Crippen molar-refractivity contribution < 1.29 is 19.1 Å². The van der Waals surface area contributed by atoms with Crippen LogP contribution in [0.1, 0.15) is 53.4 Å². The average molecular weight is 542 g/mol. The zero-order valence-electron chi connectivity index (χ0n) is 20.7. The normalized spacial score (nSPS) is 11.6. The smallest absolute Gasteiger partial charge is 0.338 e. The molecule has 0 aliphatic carbocycles. The van der Waals surface area contributed by atoms with Gasteiger partial charge in [0.05, 0.1) is 23.5 Å². The summed E-state index contributed by atoms with van der Waals surface area (Å²) in [5.74, 6) is -0.422. The molecule has 0 fully saturated rings. The summed E-state index contributed by atoms with van der Waals surface area (Å²) in [6.45, 7) is 9.52. The van der Waals surface area contributed by atoms with Gasteiger partial charge in [-0.2, -0.15) is 0 Å². The maximum absolute atomic E-state index is 12.6. The first-order valence-corrected chi connectivity index (χ1v) is 12.9. The van der Waals surface area contributed by atoms with E-state index in [1.165, 1.54) is 11.8 Å². The third-order valence-electron chi connectivity index (χ3n) is 4.96. The van der Waals surface area contributed by atoms with E-state index in [9.17, 15) is 14.4 Å². The number of allylic oxidation sites excluding steroid dienone is 1. The van der Waals surface area contributed by atoms with E-state index in [2.05, 4.69) is 27.4 Å². The molecule has 1 heterocycles. The molecule has 0 saturated heterocycles. The number of rotatable bonds is 11. The molecule has 11 heteroatoms. The first-order chi connectivity index (χ1) is 17.7. The summed E-state index contributed by atoms with van der Waals surface area (Å²) in [4.78, 5) is 37.3. The maximum Gasteiger partial charge on any atom is 0.338 e. The molecule has 0 saturated carbocycles. The minimum atomic E-state index is -0.456. The lowest BCUT2D eigenvalue weighted by molar-refractivity contribution is -0.113. The number of amides is 2. The van der Waals surface area contributed by atoms with Gasteiger partial charge in [0, 0.05) is 22.8 Å². The number of halogens is 1. The number of thioether (sulfide) groups is 1. The number of carbonyl (C=O) groups is 3. The summed E-state index contributed by atoms with van der Waals surface area (Å²) in [6, 6.07) is 12.7. The Bertz CT molecular complexity index is 1280. The average Bonchev–Trinajstić information content (AvgIpc) is 3.25. The standard InChI is InChI=1S/C26H28ClN5O4S/c1-5-13-32-23(17(4)28-24(34)18-9-11-20(27)12-10-18)30-31-26(32)37-15-22(33)29-21-8-6-7-19(14-21)25(35)36-16(2)3/h5-12,14,16-17H,1,13,15H2,2-4H3,(H,28,34)(H,29,33)/t17-/m0/s1. The summed E-state index contributed by atoms with van der Waals surface area (Å²) in [5.41, 5.74) is 1.30. The molecule has 9 nitrogen and oxygen atoms in total. The van der Waals surface area contributed by atoms with Gasteiger partial charge in [0.1, 0.15) is 0 Å². The Balaban J connectivity index is 1.63. The number of aromatic nitrogens is 3. The molecule has 0 aliphatic heterocycles. The number of hydrogen-bond donors (Lipinski definition) is 2. The van der Waals surface area contributed by atoms with E-state index in [1.807, 2.05) is 0 Å². The molecule has 0 unspecified atom stereocenters. The Morgan fingerprint density at radius 1 is 1.11 bits per heavy atom. The number of ether oxygens (including phenoxy) is 1. The molecule has 2 N–H and O–H groups in total. The number of carbonyl (C=O) groups excluding carboxylic acids is 3. The molecule has 1 atom stereocenters. The van der Waals surface area contributed by atoms with Crippen molar-refractivity contribution in [1.29, 1.82) is 0 Å². The molecule has 3 aromatic rings. The van der Waals surface area contributed by atoms with Gasteiger partial charge in [-0.3, -0.25) is 9.59 Å². The Labute approximate surface area is 224 Å². The Hall–Kier alpha value is -3.63. The third-order valence-corrected chi connectivity index (χ3v) is 6.17. The first-order valence-electron chi connectivity index (χ1n) is 11.5. The second kappa shape index (κ2) is 13.1. The van der Waals surface area contributed by atoms with Crippen molar-refractivity contribution in [3.8, 4) is 0 Å². The van der Waals surface area contributed by atoms with Crippen LogP contribution in [0.15, 0.2) is 66.3 Å². The number of hydrogen-bond acceptors (Lipinski definition) is 7. The van der Waals surface area contributed by atoms with Crippen molar-refractivity contribution in [3.63, 3.8) is 0 Å². The van der Waals surface area contributed by atoms with Crippen LogP contribution in [0.5, 0.6) is 0 Å². The van der Waals surface area contributed by atoms with Gasteiger partial charge in [0.15, 0.2) is 11.0 Å². The monoisotopic (exact) mass is 541 g/mol. The number of nitrogens with one attached hydrogen (secondary N) is 2. The zero-order chi connectivity index (χ0) is 26.9. The highest BCUT2D eigenvalue weighted by Crippen LogP contribution is 2.22. The van der Waals surface area contributed by atoms with Crippen molar-refractivity contribution >= 4 is 46.8 Å². The summed E-state index contributed by atoms with van der Waals surface area (Å²) in [5, 5.41) is 15.2. The van der Waals surface area contributed by atoms with Crippen molar-refractivity contribution in [2.24, 2.45) is 0 Å². The Kier molecular flexibility index (Phi) is 9.87. The molecule has 3 rings (SSSR count). The van der Waals surface area contributed by atoms with Gasteiger partial charge in [-0.05, 0) is 63.2 Å². The van der Waals surface area contributed by atoms with Gasteiger partial charge >= 0.3 is 5.97 Å². The van der Waals surface area contributed by atoms with Gasteiger partial charge in [0.25, 0.3) is 5.91 Å². The highest BCUT2D eigenvalue weighted by atomic mass is 35.5. The van der Waals surface area contributed by atoms with Crippen molar-refractivity contribution in [2.45, 2.75) is 44.6 Å². The predicted molar refractivity (Wildman–Crippen MR) is 144 cm³/mol. The molecule has 0 radical (unpaired) electrons. The number of nitrogens with zero attached hydrogens (tertiary/aromatic N) is 3. The van der Waals surface area contributed by atoms with Gasteiger partial charge < -0.3 is 19.9 Å². The fourth-order valence-electron chi connectivity index (χ4n) is 3.31. The van der Waals surface area contributed by atoms with E-state index in [0.29, 0.717) is 39.4 Å². The Morgan fingerprint density at radius 2 is 1.84 bits per heavy atom. The molecule has 0 bridgehead atoms. The molecule has 0 aliphatic rings. The lowest BCUT2D eigenvalue weighted by atomic mass is 10.2. The highest BCUT2D eigenvalue weighted by molar-refractivity contribution is 7.99. The topological polar surface area (TPSA) is 115 Å². The second-order valence-corrected chi connectivity index (χ2v) is 9.69. The maximum atomic E-state index is 12.6. The van der Waals surface area contributed by atoms with Gasteiger partial charge in [-0.1, -0.05) is 35.5 Å². The van der Waals surface area contributed by atoms with Crippen LogP contribution in [0.2, 0.25) is 5.02 Å². The molecule has 0 spiro atoms. The van der Waals surface area contributed by atoms with Crippen LogP contribution in [0, 0.1) is 0 Å².